The Bertz CT molecular complexity index is 819. The van der Waals surface area contributed by atoms with E-state index in [0.29, 0.717) is 11.5 Å². The molecule has 2 N–H and O–H groups in total. The van der Waals surface area contributed by atoms with Crippen LogP contribution in [0.5, 0.6) is 0 Å². The summed E-state index contributed by atoms with van der Waals surface area (Å²) in [5.41, 5.74) is 5.94. The normalized spacial score (nSPS) is 10.8. The van der Waals surface area contributed by atoms with Crippen LogP contribution in [0.1, 0.15) is 23.9 Å². The van der Waals surface area contributed by atoms with Crippen LogP contribution in [0.2, 0.25) is 0 Å². The second-order valence-corrected chi connectivity index (χ2v) is 4.07. The van der Waals surface area contributed by atoms with Gasteiger partial charge >= 0.3 is 0 Å². The van der Waals surface area contributed by atoms with Gasteiger partial charge in [0.25, 0.3) is 0 Å². The fraction of sp³-hybridized carbons (Fsp3) is 0.0833. The summed E-state index contributed by atoms with van der Waals surface area (Å²) in [5, 5.41) is 22.4. The average molecular weight is 284 g/mol. The summed E-state index contributed by atoms with van der Waals surface area (Å²) in [4.78, 5) is 3.83. The highest BCUT2D eigenvalue weighted by Gasteiger charge is 2.14. The minimum atomic E-state index is -0.0869. The van der Waals surface area contributed by atoms with E-state index in [1.807, 2.05) is 12.1 Å². The van der Waals surface area contributed by atoms with Crippen LogP contribution < -0.4 is 5.73 Å². The number of furan rings is 1. The SMILES string of the molecule is C/C(=N\n1c(C#N)c(C#N)c(N)nc1=S)c1ccco1. The van der Waals surface area contributed by atoms with Gasteiger partial charge in [0, 0.05) is 0 Å². The molecular weight excluding hydrogens is 276 g/mol. The topological polar surface area (TPSA) is 117 Å². The molecule has 2 rings (SSSR count). The second kappa shape index (κ2) is 5.34. The van der Waals surface area contributed by atoms with Gasteiger partial charge in [-0.2, -0.15) is 20.3 Å². The molecule has 0 saturated carbocycles. The molecule has 98 valence electrons. The van der Waals surface area contributed by atoms with E-state index in [4.69, 9.17) is 27.6 Å². The molecule has 0 saturated heterocycles. The number of hydrogen-bond acceptors (Lipinski definition) is 7. The number of anilines is 1. The first-order chi connectivity index (χ1) is 9.58. The van der Waals surface area contributed by atoms with E-state index in [-0.39, 0.29) is 21.8 Å². The molecule has 2 aromatic heterocycles. The van der Waals surface area contributed by atoms with Crippen molar-refractivity contribution in [2.75, 3.05) is 5.73 Å². The summed E-state index contributed by atoms with van der Waals surface area (Å²) in [6, 6.07) is 7.11. The molecule has 20 heavy (non-hydrogen) atoms. The number of nitrogens with zero attached hydrogens (tertiary/aromatic N) is 5. The maximum atomic E-state index is 9.18. The van der Waals surface area contributed by atoms with Crippen LogP contribution in [0.3, 0.4) is 0 Å². The molecule has 2 heterocycles. The van der Waals surface area contributed by atoms with Gasteiger partial charge in [-0.25, -0.2) is 4.98 Å². The van der Waals surface area contributed by atoms with Crippen molar-refractivity contribution >= 4 is 23.7 Å². The van der Waals surface area contributed by atoms with Crippen LogP contribution >= 0.6 is 12.2 Å². The van der Waals surface area contributed by atoms with Crippen molar-refractivity contribution in [2.24, 2.45) is 5.10 Å². The van der Waals surface area contributed by atoms with Crippen molar-refractivity contribution in [3.05, 3.63) is 40.2 Å². The lowest BCUT2D eigenvalue weighted by molar-refractivity contribution is 0.556. The van der Waals surface area contributed by atoms with Gasteiger partial charge < -0.3 is 10.2 Å². The van der Waals surface area contributed by atoms with Gasteiger partial charge in [0.05, 0.1) is 6.26 Å². The predicted octanol–water partition coefficient (Wildman–Crippen LogP) is 1.80. The molecule has 0 aliphatic rings. The molecule has 0 spiro atoms. The lowest BCUT2D eigenvalue weighted by Crippen LogP contribution is -2.10. The van der Waals surface area contributed by atoms with Crippen molar-refractivity contribution in [2.45, 2.75) is 6.92 Å². The van der Waals surface area contributed by atoms with Gasteiger partial charge in [0.1, 0.15) is 35.0 Å². The quantitative estimate of drug-likeness (QED) is 0.663. The van der Waals surface area contributed by atoms with Crippen LogP contribution in [0.25, 0.3) is 0 Å². The number of nitrogens with two attached hydrogens (primary N) is 1. The van der Waals surface area contributed by atoms with Crippen molar-refractivity contribution in [1.29, 1.82) is 10.5 Å². The summed E-state index contributed by atoms with van der Waals surface area (Å²) < 4.78 is 6.28. The van der Waals surface area contributed by atoms with Gasteiger partial charge in [-0.1, -0.05) is 0 Å². The first kappa shape index (κ1) is 13.5. The standard InChI is InChI=1S/C12H8N6OS/c1-7(10-3-2-4-19-10)17-18-9(6-14)8(5-13)11(15)16-12(18)20/h2-4H,1H3,(H2,15,16,20)/b17-7+. The Morgan fingerprint density at radius 3 is 2.80 bits per heavy atom. The molecule has 7 nitrogen and oxygen atoms in total. The Hall–Kier alpha value is -2.97. The maximum Gasteiger partial charge on any atom is 0.223 e. The maximum absolute atomic E-state index is 9.18. The fourth-order valence-electron chi connectivity index (χ4n) is 1.52. The number of aromatic nitrogens is 2. The van der Waals surface area contributed by atoms with E-state index < -0.39 is 0 Å². The van der Waals surface area contributed by atoms with E-state index in [0.717, 1.165) is 4.68 Å². The molecule has 0 unspecified atom stereocenters. The molecule has 2 aromatic rings. The van der Waals surface area contributed by atoms with Crippen molar-refractivity contribution in [3.63, 3.8) is 0 Å². The third-order valence-corrected chi connectivity index (χ3v) is 2.71. The predicted molar refractivity (Wildman–Crippen MR) is 73.2 cm³/mol. The monoisotopic (exact) mass is 284 g/mol. The third-order valence-electron chi connectivity index (χ3n) is 2.45. The second-order valence-electron chi connectivity index (χ2n) is 3.70. The van der Waals surface area contributed by atoms with Gasteiger partial charge in [0.2, 0.25) is 4.77 Å². The summed E-state index contributed by atoms with van der Waals surface area (Å²) in [7, 11) is 0. The minimum Gasteiger partial charge on any atom is -0.463 e. The van der Waals surface area contributed by atoms with E-state index in [1.54, 1.807) is 19.1 Å². The zero-order valence-corrected chi connectivity index (χ0v) is 11.2. The summed E-state index contributed by atoms with van der Waals surface area (Å²) in [5.74, 6) is 0.433. The fourth-order valence-corrected chi connectivity index (χ4v) is 1.75. The molecule has 0 radical (unpaired) electrons. The van der Waals surface area contributed by atoms with Gasteiger partial charge in [-0.15, -0.1) is 0 Å². The Balaban J connectivity index is 2.71. The summed E-state index contributed by atoms with van der Waals surface area (Å²) >= 11 is 5.02. The molecule has 0 atom stereocenters. The van der Waals surface area contributed by atoms with E-state index in [9.17, 15) is 5.26 Å². The smallest absolute Gasteiger partial charge is 0.223 e. The van der Waals surface area contributed by atoms with Crippen LogP contribution in [-0.2, 0) is 0 Å². The van der Waals surface area contributed by atoms with Crippen LogP contribution in [0, 0.1) is 27.4 Å². The van der Waals surface area contributed by atoms with Gasteiger partial charge in [-0.05, 0) is 31.3 Å². The van der Waals surface area contributed by atoms with Gasteiger partial charge in [0.15, 0.2) is 5.69 Å². The van der Waals surface area contributed by atoms with Crippen molar-refractivity contribution in [1.82, 2.24) is 9.66 Å². The van der Waals surface area contributed by atoms with Crippen molar-refractivity contribution in [3.8, 4) is 12.1 Å². The molecule has 0 bridgehead atoms. The molecule has 0 aromatic carbocycles. The highest BCUT2D eigenvalue weighted by molar-refractivity contribution is 7.71. The van der Waals surface area contributed by atoms with Crippen LogP contribution in [-0.4, -0.2) is 15.4 Å². The number of nitrogen functional groups attached to an aromatic ring is 1. The van der Waals surface area contributed by atoms with E-state index >= 15 is 0 Å². The van der Waals surface area contributed by atoms with Gasteiger partial charge in [-0.3, -0.25) is 0 Å². The lowest BCUT2D eigenvalue weighted by Gasteiger charge is -2.06. The largest absolute Gasteiger partial charge is 0.463 e. The van der Waals surface area contributed by atoms with Crippen LogP contribution in [0.4, 0.5) is 5.82 Å². The summed E-state index contributed by atoms with van der Waals surface area (Å²) in [6.45, 7) is 1.68. The Morgan fingerprint density at radius 2 is 2.25 bits per heavy atom. The number of rotatable bonds is 2. The zero-order chi connectivity index (χ0) is 14.7. The molecule has 0 fully saturated rings. The average Bonchev–Trinajstić information content (AvgIpc) is 2.95. The Morgan fingerprint density at radius 1 is 1.50 bits per heavy atom. The first-order valence-electron chi connectivity index (χ1n) is 5.40. The third kappa shape index (κ3) is 2.28. The molecule has 0 amide bonds. The molecule has 0 aliphatic carbocycles. The zero-order valence-electron chi connectivity index (χ0n) is 10.4. The van der Waals surface area contributed by atoms with Crippen molar-refractivity contribution < 1.29 is 4.42 Å². The molecular formula is C12H8N6OS. The highest BCUT2D eigenvalue weighted by atomic mass is 32.1. The molecule has 8 heteroatoms. The Labute approximate surface area is 119 Å². The lowest BCUT2D eigenvalue weighted by atomic mass is 10.2. The van der Waals surface area contributed by atoms with E-state index in [2.05, 4.69) is 10.1 Å². The van der Waals surface area contributed by atoms with E-state index in [1.165, 1.54) is 6.26 Å². The minimum absolute atomic E-state index is 0.0102. The number of nitriles is 2. The summed E-state index contributed by atoms with van der Waals surface area (Å²) in [6.07, 6.45) is 1.50. The van der Waals surface area contributed by atoms with Crippen LogP contribution in [0.15, 0.2) is 27.9 Å². The number of hydrogen-bond donors (Lipinski definition) is 1. The Kier molecular flexibility index (Phi) is 3.60. The first-order valence-corrected chi connectivity index (χ1v) is 5.81. The molecule has 0 aliphatic heterocycles. The highest BCUT2D eigenvalue weighted by Crippen LogP contribution is 2.14.